The lowest BCUT2D eigenvalue weighted by atomic mass is 9.83. The summed E-state index contributed by atoms with van der Waals surface area (Å²) >= 11 is 0. The molecule has 0 spiro atoms. The second-order valence-electron chi connectivity index (χ2n) is 6.07. The smallest absolute Gasteiger partial charge is 0.194 e. The normalized spacial score (nSPS) is 20.3. The zero-order valence-electron chi connectivity index (χ0n) is 13.0. The summed E-state index contributed by atoms with van der Waals surface area (Å²) in [6.07, 6.45) is 2.23. The third-order valence-electron chi connectivity index (χ3n) is 4.37. The van der Waals surface area contributed by atoms with Crippen LogP contribution >= 0.6 is 0 Å². The molecule has 1 aliphatic rings. The summed E-state index contributed by atoms with van der Waals surface area (Å²) < 4.78 is 52.4. The van der Waals surface area contributed by atoms with Crippen molar-refractivity contribution in [2.24, 2.45) is 0 Å². The Hall–Kier alpha value is -2.28. The van der Waals surface area contributed by atoms with Crippen molar-refractivity contribution >= 4 is 0 Å². The van der Waals surface area contributed by atoms with Crippen molar-refractivity contribution in [3.05, 3.63) is 70.5 Å². The molecule has 1 fully saturated rings. The molecule has 24 heavy (non-hydrogen) atoms. The van der Waals surface area contributed by atoms with E-state index >= 15 is 0 Å². The molecule has 0 amide bonds. The quantitative estimate of drug-likeness (QED) is 0.367. The second kappa shape index (κ2) is 7.09. The molecule has 1 saturated carbocycles. The van der Waals surface area contributed by atoms with Gasteiger partial charge in [0.15, 0.2) is 17.5 Å². The van der Waals surface area contributed by atoms with Gasteiger partial charge in [-0.3, -0.25) is 0 Å². The van der Waals surface area contributed by atoms with Gasteiger partial charge in [-0.2, -0.15) is 0 Å². The Morgan fingerprint density at radius 3 is 1.88 bits per heavy atom. The average Bonchev–Trinajstić information content (AvgIpc) is 2.59. The molecule has 0 aliphatic heterocycles. The first-order valence-electron chi connectivity index (χ1n) is 7.93. The summed E-state index contributed by atoms with van der Waals surface area (Å²) in [7, 11) is 0. The van der Waals surface area contributed by atoms with Crippen LogP contribution in [0.4, 0.5) is 17.6 Å². The maximum Gasteiger partial charge on any atom is 0.194 e. The summed E-state index contributed by atoms with van der Waals surface area (Å²) in [5.74, 6) is 1.81. The first-order valence-corrected chi connectivity index (χ1v) is 7.93. The van der Waals surface area contributed by atoms with Gasteiger partial charge in [0.2, 0.25) is 0 Å². The zero-order valence-corrected chi connectivity index (χ0v) is 13.0. The molecule has 3 rings (SSSR count). The minimum Gasteiger partial charge on any atom is -0.247 e. The summed E-state index contributed by atoms with van der Waals surface area (Å²) in [5, 5.41) is 0. The van der Waals surface area contributed by atoms with Gasteiger partial charge in [0.1, 0.15) is 6.17 Å². The van der Waals surface area contributed by atoms with Gasteiger partial charge in [-0.15, -0.1) is 0 Å². The van der Waals surface area contributed by atoms with Crippen LogP contribution in [0.1, 0.15) is 48.3 Å². The van der Waals surface area contributed by atoms with Crippen molar-refractivity contribution in [1.29, 1.82) is 0 Å². The molecular weight excluding hydrogens is 316 g/mol. The lowest BCUT2D eigenvalue weighted by molar-refractivity contribution is 0.235. The van der Waals surface area contributed by atoms with Crippen molar-refractivity contribution in [1.82, 2.24) is 0 Å². The number of alkyl halides is 1. The fraction of sp³-hybridized carbons (Fsp3) is 0.300. The summed E-state index contributed by atoms with van der Waals surface area (Å²) in [6.45, 7) is 0. The predicted molar refractivity (Wildman–Crippen MR) is 84.8 cm³/mol. The molecule has 0 bridgehead atoms. The second-order valence-corrected chi connectivity index (χ2v) is 6.07. The van der Waals surface area contributed by atoms with E-state index in [0.29, 0.717) is 24.3 Å². The Balaban J connectivity index is 1.73. The molecule has 0 atom stereocenters. The lowest BCUT2D eigenvalue weighted by Crippen LogP contribution is -2.13. The summed E-state index contributed by atoms with van der Waals surface area (Å²) in [6, 6.07) is 9.32. The zero-order chi connectivity index (χ0) is 17.1. The van der Waals surface area contributed by atoms with Gasteiger partial charge in [-0.1, -0.05) is 24.0 Å². The number of hydrogen-bond donors (Lipinski definition) is 0. The highest BCUT2D eigenvalue weighted by molar-refractivity contribution is 5.44. The van der Waals surface area contributed by atoms with Crippen LogP contribution in [-0.4, -0.2) is 6.17 Å². The highest BCUT2D eigenvalue weighted by Gasteiger charge is 2.21. The SMILES string of the molecule is Fc1cc(C#Cc2ccc(C3CCC(F)CC3)cc2)cc(F)c1F. The van der Waals surface area contributed by atoms with Gasteiger partial charge >= 0.3 is 0 Å². The van der Waals surface area contributed by atoms with Gasteiger partial charge in [-0.05, 0) is 61.4 Å². The number of hydrogen-bond acceptors (Lipinski definition) is 0. The van der Waals surface area contributed by atoms with Gasteiger partial charge < -0.3 is 0 Å². The van der Waals surface area contributed by atoms with Crippen LogP contribution in [0.25, 0.3) is 0 Å². The monoisotopic (exact) mass is 332 g/mol. The molecule has 2 aromatic rings. The number of benzene rings is 2. The minimum absolute atomic E-state index is 0.0803. The van der Waals surface area contributed by atoms with Crippen LogP contribution in [0.3, 0.4) is 0 Å². The Morgan fingerprint density at radius 2 is 1.29 bits per heavy atom. The van der Waals surface area contributed by atoms with E-state index in [-0.39, 0.29) is 5.56 Å². The molecule has 0 nitrogen and oxygen atoms in total. The van der Waals surface area contributed by atoms with E-state index in [0.717, 1.165) is 30.5 Å². The fourth-order valence-electron chi connectivity index (χ4n) is 3.00. The van der Waals surface area contributed by atoms with Crippen LogP contribution in [0.5, 0.6) is 0 Å². The van der Waals surface area contributed by atoms with Gasteiger partial charge in [0.25, 0.3) is 0 Å². The van der Waals surface area contributed by atoms with Gasteiger partial charge in [0, 0.05) is 11.1 Å². The highest BCUT2D eigenvalue weighted by Crippen LogP contribution is 2.33. The number of halogens is 4. The van der Waals surface area contributed by atoms with E-state index in [1.54, 1.807) is 0 Å². The van der Waals surface area contributed by atoms with Crippen molar-refractivity contribution < 1.29 is 17.6 Å². The first kappa shape index (κ1) is 16.6. The maximum absolute atomic E-state index is 13.2. The van der Waals surface area contributed by atoms with Crippen LogP contribution in [0.15, 0.2) is 36.4 Å². The number of rotatable bonds is 1. The molecule has 0 saturated heterocycles. The summed E-state index contributed by atoms with van der Waals surface area (Å²) in [5.41, 5.74) is 1.94. The maximum atomic E-state index is 13.2. The average molecular weight is 332 g/mol. The van der Waals surface area contributed by atoms with Crippen molar-refractivity contribution in [2.75, 3.05) is 0 Å². The van der Waals surface area contributed by atoms with Crippen molar-refractivity contribution in [3.8, 4) is 11.8 Å². The van der Waals surface area contributed by atoms with Crippen LogP contribution in [0, 0.1) is 29.3 Å². The predicted octanol–water partition coefficient (Wildman–Crippen LogP) is 5.50. The van der Waals surface area contributed by atoms with E-state index in [2.05, 4.69) is 11.8 Å². The first-order chi connectivity index (χ1) is 11.5. The molecule has 4 heteroatoms. The van der Waals surface area contributed by atoms with Crippen LogP contribution in [0.2, 0.25) is 0 Å². The van der Waals surface area contributed by atoms with E-state index in [4.69, 9.17) is 0 Å². The Kier molecular flexibility index (Phi) is 4.89. The highest BCUT2D eigenvalue weighted by atomic mass is 19.2. The van der Waals surface area contributed by atoms with Crippen molar-refractivity contribution in [2.45, 2.75) is 37.8 Å². The molecule has 0 heterocycles. The third-order valence-corrected chi connectivity index (χ3v) is 4.37. The molecular formula is C20H16F4. The molecule has 0 N–H and O–H groups in total. The minimum atomic E-state index is -1.49. The van der Waals surface area contributed by atoms with E-state index < -0.39 is 23.6 Å². The Bertz CT molecular complexity index is 753. The van der Waals surface area contributed by atoms with E-state index in [1.165, 1.54) is 0 Å². The molecule has 0 unspecified atom stereocenters. The molecule has 0 radical (unpaired) electrons. The molecule has 1 aliphatic carbocycles. The van der Waals surface area contributed by atoms with Crippen LogP contribution in [-0.2, 0) is 0 Å². The third kappa shape index (κ3) is 3.79. The van der Waals surface area contributed by atoms with Gasteiger partial charge in [-0.25, -0.2) is 17.6 Å². The Morgan fingerprint density at radius 1 is 0.750 bits per heavy atom. The standard InChI is InChI=1S/C20H16F4/c21-17-9-7-16(8-10-17)15-5-3-13(4-6-15)1-2-14-11-18(22)20(24)19(23)12-14/h3-6,11-12,16-17H,7-10H2. The summed E-state index contributed by atoms with van der Waals surface area (Å²) in [4.78, 5) is 0. The van der Waals surface area contributed by atoms with E-state index in [9.17, 15) is 17.6 Å². The fourth-order valence-corrected chi connectivity index (χ4v) is 3.00. The van der Waals surface area contributed by atoms with Gasteiger partial charge in [0.05, 0.1) is 0 Å². The van der Waals surface area contributed by atoms with Crippen molar-refractivity contribution in [3.63, 3.8) is 0 Å². The Labute approximate surface area is 138 Å². The molecule has 124 valence electrons. The molecule has 2 aromatic carbocycles. The molecule has 0 aromatic heterocycles. The lowest BCUT2D eigenvalue weighted by Gasteiger charge is -2.24. The van der Waals surface area contributed by atoms with E-state index in [1.807, 2.05) is 24.3 Å². The topological polar surface area (TPSA) is 0 Å². The largest absolute Gasteiger partial charge is 0.247 e. The van der Waals surface area contributed by atoms with Crippen LogP contribution < -0.4 is 0 Å².